The molecular weight excluding hydrogens is 412 g/mol. The van der Waals surface area contributed by atoms with Gasteiger partial charge in [-0.05, 0) is 72.8 Å². The summed E-state index contributed by atoms with van der Waals surface area (Å²) in [6.45, 7) is 10.1. The summed E-state index contributed by atoms with van der Waals surface area (Å²) < 4.78 is 7.43. The van der Waals surface area contributed by atoms with Gasteiger partial charge >= 0.3 is 0 Å². The van der Waals surface area contributed by atoms with Crippen LogP contribution in [0.15, 0.2) is 60.8 Å². The van der Waals surface area contributed by atoms with Crippen molar-refractivity contribution in [3.8, 4) is 5.75 Å². The van der Waals surface area contributed by atoms with E-state index in [2.05, 4.69) is 60.4 Å². The second-order valence-electron chi connectivity index (χ2n) is 9.78. The fraction of sp³-hybridized carbons (Fsp3) is 0.407. The molecule has 0 atom stereocenters. The first-order chi connectivity index (χ1) is 15.9. The van der Waals surface area contributed by atoms with E-state index in [4.69, 9.17) is 4.74 Å². The number of amides is 1. The summed E-state index contributed by atoms with van der Waals surface area (Å²) in [6, 6.07) is 17.9. The van der Waals surface area contributed by atoms with Crippen LogP contribution < -0.4 is 10.1 Å². The lowest BCUT2D eigenvalue weighted by Crippen LogP contribution is -2.29. The summed E-state index contributed by atoms with van der Waals surface area (Å²) in [4.78, 5) is 15.1. The van der Waals surface area contributed by atoms with E-state index in [1.807, 2.05) is 24.3 Å². The first kappa shape index (κ1) is 23.1. The maximum atomic E-state index is 12.6. The lowest BCUT2D eigenvalue weighted by molar-refractivity contribution is 0.102. The number of anilines is 1. The van der Waals surface area contributed by atoms with Crippen molar-refractivity contribution in [1.29, 1.82) is 0 Å². The highest BCUT2D eigenvalue weighted by molar-refractivity contribution is 6.02. The summed E-state index contributed by atoms with van der Waals surface area (Å²) >= 11 is 0. The molecule has 1 N–H and O–H groups in total. The normalized spacial score (nSPS) is 14.8. The molecule has 0 bridgehead atoms. The molecule has 2 aromatic carbocycles. The average molecular weight is 447 g/mol. The molecule has 1 fully saturated rings. The van der Waals surface area contributed by atoms with E-state index in [9.17, 15) is 4.79 Å². The number of hydrogen-bond acceptors (Lipinski definition) is 4. The van der Waals surface area contributed by atoms with Crippen LogP contribution in [0.2, 0.25) is 0 Å². The Kier molecular flexibility index (Phi) is 7.14. The molecule has 33 heavy (non-hydrogen) atoms. The zero-order valence-electron chi connectivity index (χ0n) is 19.9. The molecule has 1 saturated heterocycles. The molecule has 0 radical (unpaired) electrons. The Bertz CT molecular complexity index is 1040. The van der Waals surface area contributed by atoms with Gasteiger partial charge in [-0.25, -0.2) is 4.68 Å². The Morgan fingerprint density at radius 2 is 1.67 bits per heavy atom. The first-order valence-corrected chi connectivity index (χ1v) is 11.8. The lowest BCUT2D eigenvalue weighted by Gasteiger charge is -2.26. The van der Waals surface area contributed by atoms with E-state index in [1.54, 1.807) is 16.9 Å². The van der Waals surface area contributed by atoms with Crippen molar-refractivity contribution in [2.45, 2.75) is 58.7 Å². The van der Waals surface area contributed by atoms with Crippen molar-refractivity contribution in [3.63, 3.8) is 0 Å². The number of likely N-dealkylation sites (tertiary alicyclic amines) is 1. The number of carbonyl (C=O) groups is 1. The molecule has 4 rings (SSSR count). The first-order valence-electron chi connectivity index (χ1n) is 11.8. The van der Waals surface area contributed by atoms with Crippen molar-refractivity contribution < 1.29 is 9.53 Å². The molecule has 6 heteroatoms. The molecule has 1 amide bonds. The second-order valence-corrected chi connectivity index (χ2v) is 9.78. The molecule has 174 valence electrons. The topological polar surface area (TPSA) is 59.4 Å². The Labute approximate surface area is 196 Å². The number of carbonyl (C=O) groups excluding carboxylic acids is 1. The predicted octanol–water partition coefficient (Wildman–Crippen LogP) is 5.46. The van der Waals surface area contributed by atoms with Crippen LogP contribution in [0.1, 0.15) is 61.6 Å². The molecule has 0 unspecified atom stereocenters. The monoisotopic (exact) mass is 446 g/mol. The number of hydrogen-bond donors (Lipinski definition) is 1. The molecule has 0 spiro atoms. The number of rotatable bonds is 7. The summed E-state index contributed by atoms with van der Waals surface area (Å²) in [5.74, 6) is 0.543. The van der Waals surface area contributed by atoms with Gasteiger partial charge in [0, 0.05) is 18.4 Å². The summed E-state index contributed by atoms with van der Waals surface area (Å²) in [6.07, 6.45) is 5.67. The smallest absolute Gasteiger partial charge is 0.276 e. The second kappa shape index (κ2) is 10.2. The van der Waals surface area contributed by atoms with Crippen LogP contribution in [0, 0.1) is 0 Å². The molecule has 0 aliphatic carbocycles. The zero-order chi connectivity index (χ0) is 23.3. The van der Waals surface area contributed by atoms with Crippen molar-refractivity contribution in [2.75, 3.05) is 18.4 Å². The summed E-state index contributed by atoms with van der Waals surface area (Å²) in [5.41, 5.74) is 3.77. The fourth-order valence-electron chi connectivity index (χ4n) is 4.01. The maximum absolute atomic E-state index is 12.6. The van der Waals surface area contributed by atoms with E-state index < -0.39 is 0 Å². The number of nitrogens with one attached hydrogen (secondary N) is 1. The van der Waals surface area contributed by atoms with E-state index in [-0.39, 0.29) is 18.1 Å². The Hall–Kier alpha value is -3.12. The minimum absolute atomic E-state index is 0.108. The third-order valence-electron chi connectivity index (χ3n) is 6.02. The fourth-order valence-corrected chi connectivity index (χ4v) is 4.01. The molecule has 3 aromatic rings. The highest BCUT2D eigenvalue weighted by Crippen LogP contribution is 2.24. The van der Waals surface area contributed by atoms with Gasteiger partial charge in [-0.2, -0.15) is 5.10 Å². The minimum Gasteiger partial charge on any atom is -0.471 e. The Balaban J connectivity index is 1.27. The van der Waals surface area contributed by atoms with Gasteiger partial charge in [0.15, 0.2) is 12.4 Å². The highest BCUT2D eigenvalue weighted by Gasteiger charge is 2.14. The minimum atomic E-state index is -0.230. The third kappa shape index (κ3) is 6.45. The van der Waals surface area contributed by atoms with Crippen molar-refractivity contribution in [2.24, 2.45) is 0 Å². The van der Waals surface area contributed by atoms with Gasteiger partial charge in [0.05, 0.1) is 0 Å². The molecule has 0 saturated carbocycles. The molecule has 6 nitrogen and oxygen atoms in total. The Morgan fingerprint density at radius 1 is 0.970 bits per heavy atom. The van der Waals surface area contributed by atoms with Gasteiger partial charge in [0.25, 0.3) is 5.91 Å². The zero-order valence-corrected chi connectivity index (χ0v) is 19.9. The molecule has 1 aliphatic heterocycles. The SMILES string of the molecule is CC(C)(C)c1ccc(OCn2ccc(C(=O)Nc3ccc(CN4CCCCC4)cc3)n2)cc1. The highest BCUT2D eigenvalue weighted by atomic mass is 16.5. The molecule has 2 heterocycles. The van der Waals surface area contributed by atoms with Crippen LogP contribution in [-0.2, 0) is 18.7 Å². The largest absolute Gasteiger partial charge is 0.471 e. The standard InChI is InChI=1S/C27H34N4O2/c1-27(2,3)22-9-13-24(14-10-22)33-20-31-18-15-25(29-31)26(32)28-23-11-7-21(8-12-23)19-30-16-5-4-6-17-30/h7-15,18H,4-6,16-17,19-20H2,1-3H3,(H,28,32). The molecule has 1 aliphatic rings. The van der Waals surface area contributed by atoms with Crippen LogP contribution in [-0.4, -0.2) is 33.7 Å². The van der Waals surface area contributed by atoms with Crippen LogP contribution in [0.25, 0.3) is 0 Å². The maximum Gasteiger partial charge on any atom is 0.276 e. The average Bonchev–Trinajstić information content (AvgIpc) is 3.29. The van der Waals surface area contributed by atoms with E-state index in [0.717, 1.165) is 18.0 Å². The number of piperidine rings is 1. The summed E-state index contributed by atoms with van der Waals surface area (Å²) in [5, 5.41) is 7.27. The van der Waals surface area contributed by atoms with Crippen molar-refractivity contribution in [3.05, 3.63) is 77.6 Å². The van der Waals surface area contributed by atoms with Crippen molar-refractivity contribution in [1.82, 2.24) is 14.7 Å². The van der Waals surface area contributed by atoms with Gasteiger partial charge in [-0.3, -0.25) is 9.69 Å². The van der Waals surface area contributed by atoms with Crippen LogP contribution in [0.5, 0.6) is 5.75 Å². The van der Waals surface area contributed by atoms with E-state index in [0.29, 0.717) is 5.69 Å². The lowest BCUT2D eigenvalue weighted by atomic mass is 9.87. The third-order valence-corrected chi connectivity index (χ3v) is 6.02. The quantitative estimate of drug-likeness (QED) is 0.524. The van der Waals surface area contributed by atoms with Crippen LogP contribution in [0.4, 0.5) is 5.69 Å². The van der Waals surface area contributed by atoms with Crippen LogP contribution in [0.3, 0.4) is 0 Å². The van der Waals surface area contributed by atoms with Crippen LogP contribution >= 0.6 is 0 Å². The van der Waals surface area contributed by atoms with Gasteiger partial charge < -0.3 is 10.1 Å². The van der Waals surface area contributed by atoms with Gasteiger partial charge in [-0.15, -0.1) is 0 Å². The molecular formula is C27H34N4O2. The van der Waals surface area contributed by atoms with Gasteiger partial charge in [0.1, 0.15) is 5.75 Å². The number of ether oxygens (including phenoxy) is 1. The van der Waals surface area contributed by atoms with Gasteiger partial charge in [-0.1, -0.05) is 51.5 Å². The number of nitrogens with zero attached hydrogens (tertiary/aromatic N) is 3. The Morgan fingerprint density at radius 3 is 2.33 bits per heavy atom. The van der Waals surface area contributed by atoms with Crippen molar-refractivity contribution >= 4 is 11.6 Å². The number of aromatic nitrogens is 2. The van der Waals surface area contributed by atoms with E-state index in [1.165, 1.54) is 43.5 Å². The molecule has 1 aromatic heterocycles. The predicted molar refractivity (Wildman–Crippen MR) is 132 cm³/mol. The number of benzene rings is 2. The van der Waals surface area contributed by atoms with E-state index >= 15 is 0 Å². The van der Waals surface area contributed by atoms with Gasteiger partial charge in [0.2, 0.25) is 0 Å². The summed E-state index contributed by atoms with van der Waals surface area (Å²) in [7, 11) is 0.